The van der Waals surface area contributed by atoms with Crippen molar-refractivity contribution in [1.82, 2.24) is 15.2 Å². The number of hydrogen-bond acceptors (Lipinski definition) is 9. The smallest absolute Gasteiger partial charge is 0.325 e. The van der Waals surface area contributed by atoms with Crippen LogP contribution in [0.5, 0.6) is 5.75 Å². The summed E-state index contributed by atoms with van der Waals surface area (Å²) in [4.78, 5) is 57.0. The number of thiazole rings is 1. The molecule has 12 heteroatoms. The number of amides is 4. The maximum absolute atomic E-state index is 13.6. The largest absolute Gasteiger partial charge is 0.491 e. The number of ether oxygens (including phenoxy) is 3. The molecule has 11 nitrogen and oxygen atoms in total. The number of imide groups is 1. The first-order chi connectivity index (χ1) is 19.8. The first kappa shape index (κ1) is 29.8. The molecule has 0 aliphatic carbocycles. The summed E-state index contributed by atoms with van der Waals surface area (Å²) in [6, 6.07) is 12.7. The summed E-state index contributed by atoms with van der Waals surface area (Å²) in [7, 11) is 1.57. The highest BCUT2D eigenvalue weighted by Crippen LogP contribution is 2.28. The first-order valence-corrected chi connectivity index (χ1v) is 14.0. The molecule has 3 atom stereocenters. The number of nitrogens with two attached hydrogens (primary N) is 1. The van der Waals surface area contributed by atoms with Crippen LogP contribution >= 0.6 is 11.3 Å². The number of Topliss-reactive ketones (excluding diaryl/α,β-unsaturated/α-hetero) is 1. The molecule has 2 aromatic carbocycles. The van der Waals surface area contributed by atoms with Crippen molar-refractivity contribution in [2.75, 3.05) is 20.3 Å². The Morgan fingerprint density at radius 2 is 1.83 bits per heavy atom. The molecular weight excluding hydrogens is 548 g/mol. The Labute approximate surface area is 241 Å². The van der Waals surface area contributed by atoms with Gasteiger partial charge in [-0.3, -0.25) is 14.4 Å². The number of nitrogens with one attached hydrogen (secondary N) is 1. The molecule has 1 fully saturated rings. The average molecular weight is 581 g/mol. The normalized spacial score (nSPS) is 16.3. The van der Waals surface area contributed by atoms with E-state index in [0.29, 0.717) is 41.6 Å². The number of benzene rings is 2. The zero-order valence-electron chi connectivity index (χ0n) is 22.8. The predicted molar refractivity (Wildman–Crippen MR) is 150 cm³/mol. The van der Waals surface area contributed by atoms with Crippen LogP contribution in [0.4, 0.5) is 4.79 Å². The highest BCUT2D eigenvalue weighted by atomic mass is 32.1. The van der Waals surface area contributed by atoms with Crippen LogP contribution in [0.15, 0.2) is 60.0 Å². The Balaban J connectivity index is 1.58. The standard InChI is InChI=1S/C29H32N4O7S/c1-3-22(34)21-17-41-24(31-21)15-23(40-16-18-7-5-4-6-8-18)26(27(30)35)33-28(36)25(32-29(33)37)19-9-11-20(12-10-19)39-14-13-38-2/h4-12,17,23,25-26H,3,13-16H2,1-2H3,(H2,30,35)(H,32,37)/t23-,25-,26+/m1/s1. The number of hydrogen-bond donors (Lipinski definition) is 2. The van der Waals surface area contributed by atoms with Crippen molar-refractivity contribution in [3.05, 3.63) is 81.8 Å². The Morgan fingerprint density at radius 3 is 2.49 bits per heavy atom. The zero-order valence-corrected chi connectivity index (χ0v) is 23.6. The number of aromatic nitrogens is 1. The second kappa shape index (κ2) is 14.0. The molecule has 0 spiro atoms. The molecule has 0 radical (unpaired) electrons. The average Bonchev–Trinajstić information content (AvgIpc) is 3.56. The monoisotopic (exact) mass is 580 g/mol. The number of rotatable bonds is 15. The third-order valence-electron chi connectivity index (χ3n) is 6.50. The van der Waals surface area contributed by atoms with Crippen LogP contribution < -0.4 is 15.8 Å². The summed E-state index contributed by atoms with van der Waals surface area (Å²) in [5, 5.41) is 4.80. The van der Waals surface area contributed by atoms with Gasteiger partial charge in [-0.1, -0.05) is 49.4 Å². The van der Waals surface area contributed by atoms with Gasteiger partial charge in [0.15, 0.2) is 5.78 Å². The van der Waals surface area contributed by atoms with E-state index in [0.717, 1.165) is 10.5 Å². The van der Waals surface area contributed by atoms with Gasteiger partial charge in [0, 0.05) is 25.3 Å². The van der Waals surface area contributed by atoms with Gasteiger partial charge < -0.3 is 25.3 Å². The second-order valence-corrected chi connectivity index (χ2v) is 10.2. The lowest BCUT2D eigenvalue weighted by Crippen LogP contribution is -2.55. The molecule has 4 rings (SSSR count). The van der Waals surface area contributed by atoms with Gasteiger partial charge in [0.25, 0.3) is 5.91 Å². The fourth-order valence-electron chi connectivity index (χ4n) is 4.38. The number of urea groups is 1. The fraction of sp³-hybridized carbons (Fsp3) is 0.345. The second-order valence-electron chi connectivity index (χ2n) is 9.29. The van der Waals surface area contributed by atoms with Gasteiger partial charge in [0.05, 0.1) is 24.3 Å². The first-order valence-electron chi connectivity index (χ1n) is 13.1. The van der Waals surface area contributed by atoms with Crippen LogP contribution in [0.3, 0.4) is 0 Å². The molecule has 1 aromatic heterocycles. The van der Waals surface area contributed by atoms with Crippen LogP contribution in [-0.2, 0) is 32.1 Å². The lowest BCUT2D eigenvalue weighted by atomic mass is 10.0. The van der Waals surface area contributed by atoms with Gasteiger partial charge >= 0.3 is 6.03 Å². The van der Waals surface area contributed by atoms with Crippen molar-refractivity contribution < 1.29 is 33.4 Å². The third-order valence-corrected chi connectivity index (χ3v) is 7.37. The highest BCUT2D eigenvalue weighted by Gasteiger charge is 2.48. The maximum Gasteiger partial charge on any atom is 0.325 e. The fourth-order valence-corrected chi connectivity index (χ4v) is 5.23. The molecular formula is C29H32N4O7S. The summed E-state index contributed by atoms with van der Waals surface area (Å²) in [6.45, 7) is 2.62. The molecule has 3 aromatic rings. The Morgan fingerprint density at radius 1 is 1.10 bits per heavy atom. The van der Waals surface area contributed by atoms with Gasteiger partial charge in [-0.15, -0.1) is 11.3 Å². The van der Waals surface area contributed by atoms with Crippen molar-refractivity contribution in [2.24, 2.45) is 5.73 Å². The molecule has 4 amide bonds. The Bertz CT molecular complexity index is 1360. The van der Waals surface area contributed by atoms with Crippen LogP contribution in [0.2, 0.25) is 0 Å². The van der Waals surface area contributed by atoms with E-state index in [-0.39, 0.29) is 18.8 Å². The summed E-state index contributed by atoms with van der Waals surface area (Å²) < 4.78 is 16.7. The molecule has 0 bridgehead atoms. The highest BCUT2D eigenvalue weighted by molar-refractivity contribution is 7.09. The maximum atomic E-state index is 13.6. The van der Waals surface area contributed by atoms with Crippen molar-refractivity contribution >= 4 is 35.0 Å². The van der Waals surface area contributed by atoms with E-state index in [9.17, 15) is 19.2 Å². The van der Waals surface area contributed by atoms with Gasteiger partial charge in [0.1, 0.15) is 30.1 Å². The number of primary amides is 1. The molecule has 2 heterocycles. The van der Waals surface area contributed by atoms with Crippen molar-refractivity contribution in [1.29, 1.82) is 0 Å². The van der Waals surface area contributed by atoms with E-state index >= 15 is 0 Å². The van der Waals surface area contributed by atoms with E-state index in [1.54, 1.807) is 43.7 Å². The summed E-state index contributed by atoms with van der Waals surface area (Å²) >= 11 is 1.23. The number of carbonyl (C=O) groups excluding carboxylic acids is 4. The predicted octanol–water partition coefficient (Wildman–Crippen LogP) is 3.04. The van der Waals surface area contributed by atoms with E-state index in [1.807, 2.05) is 30.3 Å². The number of ketones is 1. The summed E-state index contributed by atoms with van der Waals surface area (Å²) in [5.74, 6) is -1.09. The van der Waals surface area contributed by atoms with Crippen molar-refractivity contribution in [2.45, 2.75) is 44.6 Å². The molecule has 1 aliphatic rings. The van der Waals surface area contributed by atoms with Crippen LogP contribution in [-0.4, -0.2) is 66.0 Å². The van der Waals surface area contributed by atoms with Crippen molar-refractivity contribution in [3.63, 3.8) is 0 Å². The molecule has 41 heavy (non-hydrogen) atoms. The van der Waals surface area contributed by atoms with Crippen molar-refractivity contribution in [3.8, 4) is 5.75 Å². The van der Waals surface area contributed by atoms with Gasteiger partial charge in [0.2, 0.25) is 5.91 Å². The number of nitrogens with zero attached hydrogens (tertiary/aromatic N) is 2. The van der Waals surface area contributed by atoms with Gasteiger partial charge in [-0.25, -0.2) is 14.7 Å². The minimum absolute atomic E-state index is 0.0529. The topological polar surface area (TPSA) is 150 Å². The van der Waals surface area contributed by atoms with E-state index in [4.69, 9.17) is 19.9 Å². The summed E-state index contributed by atoms with van der Waals surface area (Å²) in [6.07, 6.45) is -0.670. The SMILES string of the molecule is CCC(=O)c1csc(C[C@@H](OCc2ccccc2)[C@@H](C(N)=O)N2C(=O)N[C@H](c3ccc(OCCOC)cc3)C2=O)n1. The van der Waals surface area contributed by atoms with Gasteiger partial charge in [-0.05, 0) is 23.3 Å². The van der Waals surface area contributed by atoms with E-state index in [2.05, 4.69) is 10.3 Å². The Hall–Kier alpha value is -4.13. The van der Waals surface area contributed by atoms with Gasteiger partial charge in [-0.2, -0.15) is 0 Å². The molecule has 1 saturated heterocycles. The number of methoxy groups -OCH3 is 1. The van der Waals surface area contributed by atoms with E-state index < -0.39 is 36.0 Å². The van der Waals surface area contributed by atoms with E-state index in [1.165, 1.54) is 11.3 Å². The Kier molecular flexibility index (Phi) is 10.2. The third kappa shape index (κ3) is 7.34. The molecule has 1 aliphatic heterocycles. The van der Waals surface area contributed by atoms with Crippen LogP contribution in [0.1, 0.15) is 46.0 Å². The summed E-state index contributed by atoms with van der Waals surface area (Å²) in [5.41, 5.74) is 7.46. The number of carbonyl (C=O) groups is 4. The minimum Gasteiger partial charge on any atom is -0.491 e. The lowest BCUT2D eigenvalue weighted by Gasteiger charge is -2.30. The molecule has 3 N–H and O–H groups in total. The quantitative estimate of drug-likeness (QED) is 0.158. The molecule has 0 unspecified atom stereocenters. The van der Waals surface area contributed by atoms with Crippen LogP contribution in [0, 0.1) is 0 Å². The molecule has 216 valence electrons. The minimum atomic E-state index is -1.43. The van der Waals surface area contributed by atoms with Crippen LogP contribution in [0.25, 0.3) is 0 Å². The molecule has 0 saturated carbocycles. The lowest BCUT2D eigenvalue weighted by molar-refractivity contribution is -0.140. The zero-order chi connectivity index (χ0) is 29.4.